The quantitative estimate of drug-likeness (QED) is 0.300. The number of nitrogens with zero attached hydrogens (tertiary/aromatic N) is 2. The van der Waals surface area contributed by atoms with Crippen LogP contribution in [0.2, 0.25) is 0 Å². The number of fused-ring (bicyclic) bond motifs is 6. The molecule has 0 bridgehead atoms. The van der Waals surface area contributed by atoms with E-state index in [1.165, 1.54) is 26.2 Å². The topological polar surface area (TPSA) is 25.8 Å². The largest absolute Gasteiger partial charge is 0.245 e. The predicted octanol–water partition coefficient (Wildman–Crippen LogP) is 6.82. The van der Waals surface area contributed by atoms with Gasteiger partial charge >= 0.3 is 0 Å². The molecule has 3 aromatic heterocycles. The van der Waals surface area contributed by atoms with E-state index in [2.05, 4.69) is 84.9 Å². The summed E-state index contributed by atoms with van der Waals surface area (Å²) in [5, 5.41) is 6.03. The van der Waals surface area contributed by atoms with E-state index in [1.807, 2.05) is 0 Å². The molecule has 6 rings (SSSR count). The highest BCUT2D eigenvalue weighted by Gasteiger charge is 2.10. The summed E-state index contributed by atoms with van der Waals surface area (Å²) in [6, 6.07) is 29.6. The molecule has 0 amide bonds. The number of hydrogen-bond acceptors (Lipinski definition) is 3. The molecule has 3 heterocycles. The Balaban J connectivity index is 1.60. The molecule has 0 spiro atoms. The van der Waals surface area contributed by atoms with Crippen LogP contribution in [-0.2, 0) is 0 Å². The lowest BCUT2D eigenvalue weighted by molar-refractivity contribution is 1.33. The third-order valence-corrected chi connectivity index (χ3v) is 6.17. The number of aromatic nitrogens is 2. The number of rotatable bonds is 1. The van der Waals surface area contributed by atoms with Crippen LogP contribution in [0.1, 0.15) is 0 Å². The standard InChI is InChI=1S/C24H14N2S/c1-2-6-17-15(5-1)9-10-16-11-13-20(25-23(16)17)21-14-12-19-18-7-3-4-8-22(18)27-24(19)26-21/h1-14H. The van der Waals surface area contributed by atoms with Crippen molar-refractivity contribution in [2.75, 3.05) is 0 Å². The van der Waals surface area contributed by atoms with E-state index in [0.717, 1.165) is 27.1 Å². The Kier molecular flexibility index (Phi) is 3.07. The van der Waals surface area contributed by atoms with E-state index in [9.17, 15) is 0 Å². The molecule has 0 radical (unpaired) electrons. The van der Waals surface area contributed by atoms with Gasteiger partial charge in [0.25, 0.3) is 0 Å². The van der Waals surface area contributed by atoms with Crippen molar-refractivity contribution in [2.45, 2.75) is 0 Å². The molecule has 0 aliphatic rings. The summed E-state index contributed by atoms with van der Waals surface area (Å²) < 4.78 is 1.27. The van der Waals surface area contributed by atoms with Crippen molar-refractivity contribution in [2.24, 2.45) is 0 Å². The van der Waals surface area contributed by atoms with Gasteiger partial charge in [-0.15, -0.1) is 11.3 Å². The summed E-state index contributed by atoms with van der Waals surface area (Å²) in [7, 11) is 0. The van der Waals surface area contributed by atoms with Crippen LogP contribution in [0.5, 0.6) is 0 Å². The maximum absolute atomic E-state index is 4.98. The highest BCUT2D eigenvalue weighted by Crippen LogP contribution is 2.34. The summed E-state index contributed by atoms with van der Waals surface area (Å²) in [5.74, 6) is 0. The Morgan fingerprint density at radius 3 is 2.19 bits per heavy atom. The van der Waals surface area contributed by atoms with Crippen LogP contribution in [-0.4, -0.2) is 9.97 Å². The van der Waals surface area contributed by atoms with E-state index in [0.29, 0.717) is 0 Å². The van der Waals surface area contributed by atoms with Crippen LogP contribution >= 0.6 is 11.3 Å². The minimum absolute atomic E-state index is 0.915. The Bertz CT molecular complexity index is 1480. The van der Waals surface area contributed by atoms with Gasteiger partial charge in [-0.1, -0.05) is 60.7 Å². The summed E-state index contributed by atoms with van der Waals surface area (Å²) in [5.41, 5.74) is 2.87. The molecule has 126 valence electrons. The molecule has 0 saturated heterocycles. The first kappa shape index (κ1) is 14.8. The van der Waals surface area contributed by atoms with Gasteiger partial charge in [-0.25, -0.2) is 9.97 Å². The second-order valence-corrected chi connectivity index (χ2v) is 7.73. The van der Waals surface area contributed by atoms with Gasteiger partial charge in [0.15, 0.2) is 0 Å². The molecule has 27 heavy (non-hydrogen) atoms. The number of hydrogen-bond donors (Lipinski definition) is 0. The second-order valence-electron chi connectivity index (χ2n) is 6.70. The van der Waals surface area contributed by atoms with Gasteiger partial charge < -0.3 is 0 Å². The van der Waals surface area contributed by atoms with Gasteiger partial charge in [-0.3, -0.25) is 0 Å². The van der Waals surface area contributed by atoms with Gasteiger partial charge in [0, 0.05) is 26.2 Å². The Morgan fingerprint density at radius 1 is 0.519 bits per heavy atom. The van der Waals surface area contributed by atoms with Crippen LogP contribution < -0.4 is 0 Å². The van der Waals surface area contributed by atoms with Gasteiger partial charge in [0.1, 0.15) is 4.83 Å². The van der Waals surface area contributed by atoms with Crippen molar-refractivity contribution in [3.8, 4) is 11.4 Å². The van der Waals surface area contributed by atoms with Crippen molar-refractivity contribution in [3.05, 3.63) is 84.9 Å². The number of pyridine rings is 2. The molecule has 0 saturated carbocycles. The normalized spacial score (nSPS) is 11.7. The zero-order valence-corrected chi connectivity index (χ0v) is 15.2. The van der Waals surface area contributed by atoms with Gasteiger partial charge in [-0.2, -0.15) is 0 Å². The minimum atomic E-state index is 0.915. The van der Waals surface area contributed by atoms with E-state index in [-0.39, 0.29) is 0 Å². The Hall–Kier alpha value is -3.30. The Morgan fingerprint density at radius 2 is 1.22 bits per heavy atom. The van der Waals surface area contributed by atoms with Crippen molar-refractivity contribution in [3.63, 3.8) is 0 Å². The Labute approximate surface area is 159 Å². The highest BCUT2D eigenvalue weighted by atomic mass is 32.1. The van der Waals surface area contributed by atoms with Crippen molar-refractivity contribution in [1.29, 1.82) is 0 Å². The molecule has 6 aromatic rings. The van der Waals surface area contributed by atoms with E-state index >= 15 is 0 Å². The zero-order chi connectivity index (χ0) is 17.8. The minimum Gasteiger partial charge on any atom is -0.245 e. The van der Waals surface area contributed by atoms with Crippen LogP contribution in [0.3, 0.4) is 0 Å². The van der Waals surface area contributed by atoms with Crippen molar-refractivity contribution >= 4 is 53.3 Å². The fourth-order valence-electron chi connectivity index (χ4n) is 3.75. The molecule has 0 aliphatic heterocycles. The fourth-order valence-corrected chi connectivity index (χ4v) is 4.82. The van der Waals surface area contributed by atoms with E-state index in [4.69, 9.17) is 9.97 Å². The molecule has 0 N–H and O–H groups in total. The maximum Gasteiger partial charge on any atom is 0.125 e. The first-order chi connectivity index (χ1) is 13.4. The molecule has 3 aromatic carbocycles. The zero-order valence-electron chi connectivity index (χ0n) is 14.4. The lowest BCUT2D eigenvalue weighted by Crippen LogP contribution is -1.89. The highest BCUT2D eigenvalue weighted by molar-refractivity contribution is 7.25. The maximum atomic E-state index is 4.98. The first-order valence-corrected chi connectivity index (χ1v) is 9.76. The lowest BCUT2D eigenvalue weighted by atomic mass is 10.1. The third kappa shape index (κ3) is 2.25. The van der Waals surface area contributed by atoms with E-state index < -0.39 is 0 Å². The summed E-state index contributed by atoms with van der Waals surface area (Å²) in [4.78, 5) is 11.0. The summed E-state index contributed by atoms with van der Waals surface area (Å²) >= 11 is 1.74. The molecule has 0 unspecified atom stereocenters. The third-order valence-electron chi connectivity index (χ3n) is 5.09. The fraction of sp³-hybridized carbons (Fsp3) is 0. The molecule has 0 aliphatic carbocycles. The molecule has 2 nitrogen and oxygen atoms in total. The summed E-state index contributed by atoms with van der Waals surface area (Å²) in [6.45, 7) is 0. The molecule has 0 fully saturated rings. The molecule has 0 atom stereocenters. The summed E-state index contributed by atoms with van der Waals surface area (Å²) in [6.07, 6.45) is 0. The van der Waals surface area contributed by atoms with E-state index in [1.54, 1.807) is 11.3 Å². The SMILES string of the molecule is c1ccc2c(c1)ccc1ccc(-c3ccc4c(n3)sc3ccccc34)nc12. The average Bonchev–Trinajstić information content (AvgIpc) is 3.11. The average molecular weight is 362 g/mol. The van der Waals surface area contributed by atoms with Crippen LogP contribution in [0.15, 0.2) is 84.9 Å². The second kappa shape index (κ2) is 5.60. The van der Waals surface area contributed by atoms with Gasteiger partial charge in [0.05, 0.1) is 16.9 Å². The lowest BCUT2D eigenvalue weighted by Gasteiger charge is -2.06. The molecule has 3 heteroatoms. The molecular weight excluding hydrogens is 348 g/mol. The smallest absolute Gasteiger partial charge is 0.125 e. The van der Waals surface area contributed by atoms with Crippen molar-refractivity contribution < 1.29 is 0 Å². The first-order valence-electron chi connectivity index (χ1n) is 8.94. The molecular formula is C24H14N2S. The predicted molar refractivity (Wildman–Crippen MR) is 115 cm³/mol. The van der Waals surface area contributed by atoms with Gasteiger partial charge in [-0.05, 0) is 29.7 Å². The monoisotopic (exact) mass is 362 g/mol. The van der Waals surface area contributed by atoms with Crippen molar-refractivity contribution in [1.82, 2.24) is 9.97 Å². The van der Waals surface area contributed by atoms with Crippen LogP contribution in [0.25, 0.3) is 53.4 Å². The van der Waals surface area contributed by atoms with Crippen LogP contribution in [0, 0.1) is 0 Å². The van der Waals surface area contributed by atoms with Gasteiger partial charge in [0.2, 0.25) is 0 Å². The number of benzene rings is 3. The number of thiophene rings is 1. The van der Waals surface area contributed by atoms with Crippen LogP contribution in [0.4, 0.5) is 0 Å².